The summed E-state index contributed by atoms with van der Waals surface area (Å²) in [4.78, 5) is 11.6. The predicted octanol–water partition coefficient (Wildman–Crippen LogP) is 2.47. The van der Waals surface area contributed by atoms with Gasteiger partial charge in [-0.05, 0) is 24.4 Å². The lowest BCUT2D eigenvalue weighted by molar-refractivity contribution is -0.120. The molecule has 104 valence electrons. The molecule has 0 aromatic heterocycles. The second-order valence-electron chi connectivity index (χ2n) is 5.38. The first kappa shape index (κ1) is 14.1. The molecule has 1 amide bonds. The van der Waals surface area contributed by atoms with Crippen LogP contribution in [0.25, 0.3) is 0 Å². The van der Waals surface area contributed by atoms with Crippen LogP contribution >= 0.6 is 0 Å². The van der Waals surface area contributed by atoms with Crippen LogP contribution in [0.5, 0.6) is 0 Å². The van der Waals surface area contributed by atoms with Crippen molar-refractivity contribution in [1.29, 1.82) is 0 Å². The first-order valence-electron chi connectivity index (χ1n) is 7.36. The Balaban J connectivity index is 1.52. The quantitative estimate of drug-likeness (QED) is 0.739. The number of amides is 1. The number of nitrogens with one attached hydrogen (secondary N) is 2. The first-order chi connectivity index (χ1) is 9.34. The summed E-state index contributed by atoms with van der Waals surface area (Å²) in [5.74, 6) is 0.968. The Hall–Kier alpha value is -1.35. The molecule has 1 aromatic carbocycles. The molecule has 1 aliphatic carbocycles. The van der Waals surface area contributed by atoms with Crippen molar-refractivity contribution in [2.45, 2.75) is 38.6 Å². The second-order valence-corrected chi connectivity index (χ2v) is 5.38. The van der Waals surface area contributed by atoms with Gasteiger partial charge in [-0.25, -0.2) is 0 Å². The van der Waals surface area contributed by atoms with E-state index < -0.39 is 0 Å². The molecule has 1 aliphatic rings. The topological polar surface area (TPSA) is 41.1 Å². The Bertz CT molecular complexity index is 372. The zero-order chi connectivity index (χ0) is 13.3. The smallest absolute Gasteiger partial charge is 0.234 e. The summed E-state index contributed by atoms with van der Waals surface area (Å²) in [6.45, 7) is 2.01. The SMILES string of the molecule is O=C(CNCCC1CCCC1)NCc1ccccc1. The highest BCUT2D eigenvalue weighted by Crippen LogP contribution is 2.26. The van der Waals surface area contributed by atoms with Crippen molar-refractivity contribution in [3.63, 3.8) is 0 Å². The molecule has 0 unspecified atom stereocenters. The summed E-state index contributed by atoms with van der Waals surface area (Å²) < 4.78 is 0. The number of carbonyl (C=O) groups excluding carboxylic acids is 1. The lowest BCUT2D eigenvalue weighted by atomic mass is 10.0. The number of hydrogen-bond donors (Lipinski definition) is 2. The fourth-order valence-electron chi connectivity index (χ4n) is 2.67. The van der Waals surface area contributed by atoms with Crippen LogP contribution in [-0.2, 0) is 11.3 Å². The van der Waals surface area contributed by atoms with Gasteiger partial charge in [0.05, 0.1) is 6.54 Å². The van der Waals surface area contributed by atoms with Crippen LogP contribution in [0, 0.1) is 5.92 Å². The third kappa shape index (κ3) is 5.43. The van der Waals surface area contributed by atoms with E-state index >= 15 is 0 Å². The largest absolute Gasteiger partial charge is 0.351 e. The van der Waals surface area contributed by atoms with E-state index in [0.717, 1.165) is 18.0 Å². The Morgan fingerprint density at radius 1 is 1.16 bits per heavy atom. The molecular formula is C16H24N2O. The molecule has 0 aliphatic heterocycles. The lowest BCUT2D eigenvalue weighted by Crippen LogP contribution is -2.34. The molecule has 0 heterocycles. The van der Waals surface area contributed by atoms with Gasteiger partial charge in [0, 0.05) is 6.54 Å². The normalized spacial score (nSPS) is 15.6. The third-order valence-corrected chi connectivity index (χ3v) is 3.82. The molecule has 1 saturated carbocycles. The minimum absolute atomic E-state index is 0.0790. The fourth-order valence-corrected chi connectivity index (χ4v) is 2.67. The fraction of sp³-hybridized carbons (Fsp3) is 0.562. The average Bonchev–Trinajstić information content (AvgIpc) is 2.96. The average molecular weight is 260 g/mol. The zero-order valence-electron chi connectivity index (χ0n) is 11.5. The van der Waals surface area contributed by atoms with E-state index in [1.54, 1.807) is 0 Å². The molecule has 0 bridgehead atoms. The highest BCUT2D eigenvalue weighted by atomic mass is 16.1. The van der Waals surface area contributed by atoms with E-state index in [0.29, 0.717) is 13.1 Å². The van der Waals surface area contributed by atoms with Crippen molar-refractivity contribution in [3.05, 3.63) is 35.9 Å². The van der Waals surface area contributed by atoms with E-state index in [2.05, 4.69) is 10.6 Å². The van der Waals surface area contributed by atoms with Crippen LogP contribution in [0.1, 0.15) is 37.7 Å². The van der Waals surface area contributed by atoms with Gasteiger partial charge in [0.2, 0.25) is 5.91 Å². The number of rotatable bonds is 7. The van der Waals surface area contributed by atoms with E-state index in [1.807, 2.05) is 30.3 Å². The Morgan fingerprint density at radius 3 is 2.63 bits per heavy atom. The van der Waals surface area contributed by atoms with Crippen LogP contribution in [0.15, 0.2) is 30.3 Å². The Morgan fingerprint density at radius 2 is 1.89 bits per heavy atom. The van der Waals surface area contributed by atoms with Crippen molar-refractivity contribution >= 4 is 5.91 Å². The van der Waals surface area contributed by atoms with Gasteiger partial charge in [-0.3, -0.25) is 4.79 Å². The molecule has 19 heavy (non-hydrogen) atoms. The van der Waals surface area contributed by atoms with Gasteiger partial charge >= 0.3 is 0 Å². The van der Waals surface area contributed by atoms with E-state index in [1.165, 1.54) is 32.1 Å². The summed E-state index contributed by atoms with van der Waals surface area (Å²) in [6, 6.07) is 10.0. The van der Waals surface area contributed by atoms with Crippen molar-refractivity contribution in [2.24, 2.45) is 5.92 Å². The Kier molecular flexibility index (Phi) is 5.89. The van der Waals surface area contributed by atoms with Crippen molar-refractivity contribution < 1.29 is 4.79 Å². The molecule has 2 N–H and O–H groups in total. The Labute approximate surface area is 115 Å². The molecule has 1 fully saturated rings. The molecule has 3 nitrogen and oxygen atoms in total. The molecule has 0 saturated heterocycles. The zero-order valence-corrected chi connectivity index (χ0v) is 11.5. The summed E-state index contributed by atoms with van der Waals surface area (Å²) in [5.41, 5.74) is 1.14. The first-order valence-corrected chi connectivity index (χ1v) is 7.36. The van der Waals surface area contributed by atoms with Crippen molar-refractivity contribution in [2.75, 3.05) is 13.1 Å². The minimum atomic E-state index is 0.0790. The van der Waals surface area contributed by atoms with Crippen molar-refractivity contribution in [1.82, 2.24) is 10.6 Å². The predicted molar refractivity (Wildman–Crippen MR) is 77.7 cm³/mol. The highest BCUT2D eigenvalue weighted by Gasteiger charge is 2.14. The number of carbonyl (C=O) groups is 1. The standard InChI is InChI=1S/C16H24N2O/c19-16(18-12-15-8-2-1-3-9-15)13-17-11-10-14-6-4-5-7-14/h1-3,8-9,14,17H,4-7,10-13H2,(H,18,19). The third-order valence-electron chi connectivity index (χ3n) is 3.82. The highest BCUT2D eigenvalue weighted by molar-refractivity contribution is 5.77. The monoisotopic (exact) mass is 260 g/mol. The lowest BCUT2D eigenvalue weighted by Gasteiger charge is -2.10. The molecule has 1 aromatic rings. The van der Waals surface area contributed by atoms with E-state index in [9.17, 15) is 4.79 Å². The molecule has 3 heteroatoms. The summed E-state index contributed by atoms with van der Waals surface area (Å²) >= 11 is 0. The van der Waals surface area contributed by atoms with Gasteiger partial charge in [-0.1, -0.05) is 56.0 Å². The van der Waals surface area contributed by atoms with Crippen LogP contribution in [0.2, 0.25) is 0 Å². The molecule has 0 radical (unpaired) electrons. The van der Waals surface area contributed by atoms with Gasteiger partial charge < -0.3 is 10.6 Å². The second kappa shape index (κ2) is 7.95. The summed E-state index contributed by atoms with van der Waals surface area (Å²) in [6.07, 6.45) is 6.75. The van der Waals surface area contributed by atoms with Gasteiger partial charge in [0.25, 0.3) is 0 Å². The van der Waals surface area contributed by atoms with Gasteiger partial charge in [-0.15, -0.1) is 0 Å². The van der Waals surface area contributed by atoms with Crippen LogP contribution in [-0.4, -0.2) is 19.0 Å². The molecular weight excluding hydrogens is 236 g/mol. The minimum Gasteiger partial charge on any atom is -0.351 e. The maximum absolute atomic E-state index is 11.6. The van der Waals surface area contributed by atoms with Gasteiger partial charge in [-0.2, -0.15) is 0 Å². The van der Waals surface area contributed by atoms with E-state index in [4.69, 9.17) is 0 Å². The van der Waals surface area contributed by atoms with Crippen LogP contribution < -0.4 is 10.6 Å². The summed E-state index contributed by atoms with van der Waals surface area (Å²) in [5, 5.41) is 6.16. The maximum atomic E-state index is 11.6. The van der Waals surface area contributed by atoms with Gasteiger partial charge in [0.1, 0.15) is 0 Å². The molecule has 0 atom stereocenters. The van der Waals surface area contributed by atoms with Gasteiger partial charge in [0.15, 0.2) is 0 Å². The number of hydrogen-bond acceptors (Lipinski definition) is 2. The number of benzene rings is 1. The molecule has 0 spiro atoms. The summed E-state index contributed by atoms with van der Waals surface area (Å²) in [7, 11) is 0. The van der Waals surface area contributed by atoms with Crippen molar-refractivity contribution in [3.8, 4) is 0 Å². The maximum Gasteiger partial charge on any atom is 0.234 e. The molecule has 2 rings (SSSR count). The van der Waals surface area contributed by atoms with Crippen LogP contribution in [0.3, 0.4) is 0 Å². The van der Waals surface area contributed by atoms with Crippen LogP contribution in [0.4, 0.5) is 0 Å². The van der Waals surface area contributed by atoms with E-state index in [-0.39, 0.29) is 5.91 Å².